The van der Waals surface area contributed by atoms with Crippen molar-refractivity contribution in [3.05, 3.63) is 16.6 Å². The van der Waals surface area contributed by atoms with Crippen molar-refractivity contribution < 1.29 is 18.8 Å². The smallest absolute Gasteiger partial charge is 0.411 e. The number of nitrogens with zero attached hydrogens (tertiary/aromatic N) is 4. The molecule has 0 saturated carbocycles. The maximum atomic E-state index is 12.8. The molecule has 1 amide bonds. The highest BCUT2D eigenvalue weighted by Crippen LogP contribution is 2.32. The lowest BCUT2D eigenvalue weighted by molar-refractivity contribution is -0.719. The first-order valence-corrected chi connectivity index (χ1v) is 15.0. The van der Waals surface area contributed by atoms with E-state index in [-0.39, 0.29) is 12.1 Å². The lowest BCUT2D eigenvalue weighted by Crippen LogP contribution is -2.45. The van der Waals surface area contributed by atoms with Crippen LogP contribution in [-0.2, 0) is 16.2 Å². The van der Waals surface area contributed by atoms with Crippen LogP contribution in [0.3, 0.4) is 0 Å². The third kappa shape index (κ3) is 5.79. The predicted molar refractivity (Wildman–Crippen MR) is 121 cm³/mol. The zero-order valence-electron chi connectivity index (χ0n) is 18.8. The highest BCUT2D eigenvalue weighted by molar-refractivity contribution is 9.10. The lowest BCUT2D eigenvalue weighted by atomic mass is 10.2. The van der Waals surface area contributed by atoms with Crippen molar-refractivity contribution in [1.29, 1.82) is 0 Å². The van der Waals surface area contributed by atoms with E-state index in [0.717, 1.165) is 24.7 Å². The second-order valence-electron chi connectivity index (χ2n) is 9.98. The second-order valence-corrected chi connectivity index (χ2v) is 16.4. The maximum Gasteiger partial charge on any atom is 0.411 e. The molecule has 3 rings (SSSR count). The molecule has 30 heavy (non-hydrogen) atoms. The minimum absolute atomic E-state index is 0.129. The fraction of sp³-hybridized carbons (Fsp3) is 0.700. The monoisotopic (exact) mass is 498 g/mol. The number of aromatic nitrogens is 4. The Morgan fingerprint density at radius 1 is 1.40 bits per heavy atom. The molecule has 0 bridgehead atoms. The molecule has 1 saturated heterocycles. The normalized spacial score (nSPS) is 17.7. The number of carbonyl (C=O) groups is 1. The molecule has 2 aromatic rings. The predicted octanol–water partition coefficient (Wildman–Crippen LogP) is 4.39. The molecule has 1 aliphatic rings. The zero-order valence-corrected chi connectivity index (χ0v) is 21.4. The van der Waals surface area contributed by atoms with Crippen LogP contribution in [-0.4, -0.2) is 52.8 Å². The SMILES string of the molecule is CC(C)(C)OC(=O)N1CCC[C@H]1c1[nH]c2ncc(Br)nc2[n+]1COCC[Si](C)(C)C. The van der Waals surface area contributed by atoms with E-state index < -0.39 is 13.7 Å². The Morgan fingerprint density at radius 2 is 2.13 bits per heavy atom. The average Bonchev–Trinajstić information content (AvgIpc) is 3.20. The molecule has 2 aromatic heterocycles. The molecule has 8 nitrogen and oxygen atoms in total. The number of H-pyrrole nitrogens is 1. The van der Waals surface area contributed by atoms with Gasteiger partial charge in [0.1, 0.15) is 11.6 Å². The second kappa shape index (κ2) is 8.92. The molecular weight excluding hydrogens is 466 g/mol. The van der Waals surface area contributed by atoms with Gasteiger partial charge in [-0.25, -0.2) is 14.3 Å². The summed E-state index contributed by atoms with van der Waals surface area (Å²) in [6.45, 7) is 14.4. The summed E-state index contributed by atoms with van der Waals surface area (Å²) in [6.07, 6.45) is 3.14. The van der Waals surface area contributed by atoms with E-state index in [4.69, 9.17) is 9.47 Å². The van der Waals surface area contributed by atoms with Crippen molar-refractivity contribution in [1.82, 2.24) is 19.9 Å². The topological polar surface area (TPSA) is 84.2 Å². The van der Waals surface area contributed by atoms with Gasteiger partial charge in [-0.3, -0.25) is 9.88 Å². The van der Waals surface area contributed by atoms with Crippen LogP contribution >= 0.6 is 15.9 Å². The van der Waals surface area contributed by atoms with Crippen molar-refractivity contribution in [2.45, 2.75) is 77.7 Å². The van der Waals surface area contributed by atoms with Gasteiger partial charge >= 0.3 is 11.7 Å². The highest BCUT2D eigenvalue weighted by atomic mass is 79.9. The van der Waals surface area contributed by atoms with Gasteiger partial charge in [-0.15, -0.1) is 0 Å². The molecule has 1 atom stereocenters. The fourth-order valence-electron chi connectivity index (χ4n) is 3.46. The number of aromatic amines is 1. The average molecular weight is 500 g/mol. The summed E-state index contributed by atoms with van der Waals surface area (Å²) < 4.78 is 14.3. The van der Waals surface area contributed by atoms with Gasteiger partial charge in [0.05, 0.1) is 6.20 Å². The van der Waals surface area contributed by atoms with E-state index >= 15 is 0 Å². The first kappa shape index (κ1) is 23.1. The largest absolute Gasteiger partial charge is 0.444 e. The van der Waals surface area contributed by atoms with Gasteiger partial charge in [-0.05, 0) is 55.6 Å². The standard InChI is InChI=1S/C20H32BrN5O3Si/c1-20(2,3)29-19(27)25-9-7-8-14(25)17-24-16-18(23-15(21)12-22-16)26(17)13-28-10-11-30(4,5)6/h12,14H,7-11,13H2,1-6H3/p+1/t14-/m0/s1. The summed E-state index contributed by atoms with van der Waals surface area (Å²) in [5, 5.41) is 0. The van der Waals surface area contributed by atoms with E-state index in [2.05, 4.69) is 50.5 Å². The molecule has 0 aliphatic carbocycles. The quantitative estimate of drug-likeness (QED) is 0.362. The van der Waals surface area contributed by atoms with E-state index in [1.165, 1.54) is 0 Å². The van der Waals surface area contributed by atoms with E-state index in [0.29, 0.717) is 35.8 Å². The Balaban J connectivity index is 1.89. The van der Waals surface area contributed by atoms with Crippen molar-refractivity contribution in [2.24, 2.45) is 0 Å². The van der Waals surface area contributed by atoms with Gasteiger partial charge in [0.25, 0.3) is 5.65 Å². The van der Waals surface area contributed by atoms with Crippen molar-refractivity contribution >= 4 is 41.4 Å². The molecule has 166 valence electrons. The summed E-state index contributed by atoms with van der Waals surface area (Å²) in [6, 6.07) is 0.962. The Labute approximate surface area is 187 Å². The Kier molecular flexibility index (Phi) is 6.88. The number of likely N-dealkylation sites (tertiary alicyclic amines) is 1. The molecule has 0 aromatic carbocycles. The molecule has 0 unspecified atom stereocenters. The zero-order chi connectivity index (χ0) is 22.1. The third-order valence-electron chi connectivity index (χ3n) is 4.93. The van der Waals surface area contributed by atoms with Crippen LogP contribution in [0, 0.1) is 0 Å². The molecule has 0 radical (unpaired) electrons. The van der Waals surface area contributed by atoms with E-state index in [9.17, 15) is 4.79 Å². The number of hydrogen-bond donors (Lipinski definition) is 1. The molecule has 1 aliphatic heterocycles. The van der Waals surface area contributed by atoms with Crippen LogP contribution in [0.15, 0.2) is 10.8 Å². The molecular formula is C20H33BrN5O3Si+. The number of fused-ring (bicyclic) bond motifs is 1. The van der Waals surface area contributed by atoms with Gasteiger partial charge in [0, 0.05) is 21.2 Å². The van der Waals surface area contributed by atoms with Crippen molar-refractivity contribution in [3.8, 4) is 0 Å². The summed E-state index contributed by atoms with van der Waals surface area (Å²) in [4.78, 5) is 27.1. The summed E-state index contributed by atoms with van der Waals surface area (Å²) >= 11 is 3.41. The van der Waals surface area contributed by atoms with Gasteiger partial charge in [0.2, 0.25) is 5.82 Å². The highest BCUT2D eigenvalue weighted by Gasteiger charge is 2.39. The fourth-order valence-corrected chi connectivity index (χ4v) is 4.48. The number of rotatable bonds is 6. The Hall–Kier alpha value is -1.52. The van der Waals surface area contributed by atoms with E-state index in [1.807, 2.05) is 25.3 Å². The number of amides is 1. The summed E-state index contributed by atoms with van der Waals surface area (Å²) in [7, 11) is -1.18. The number of hydrogen-bond acceptors (Lipinski definition) is 5. The first-order chi connectivity index (χ1) is 13.9. The van der Waals surface area contributed by atoms with Crippen LogP contribution in [0.4, 0.5) is 4.79 Å². The molecule has 10 heteroatoms. The molecule has 1 fully saturated rings. The summed E-state index contributed by atoms with van der Waals surface area (Å²) in [5.41, 5.74) is 0.857. The Bertz CT molecular complexity index is 906. The van der Waals surface area contributed by atoms with Crippen LogP contribution in [0.2, 0.25) is 25.7 Å². The van der Waals surface area contributed by atoms with Gasteiger partial charge < -0.3 is 9.47 Å². The molecule has 1 N–H and O–H groups in total. The lowest BCUT2D eigenvalue weighted by Gasteiger charge is -2.27. The van der Waals surface area contributed by atoms with Gasteiger partial charge in [-0.2, -0.15) is 0 Å². The molecule has 0 spiro atoms. The minimum Gasteiger partial charge on any atom is -0.444 e. The first-order valence-electron chi connectivity index (χ1n) is 10.5. The van der Waals surface area contributed by atoms with Crippen molar-refractivity contribution in [2.75, 3.05) is 13.2 Å². The number of nitrogens with one attached hydrogen (secondary N) is 1. The van der Waals surface area contributed by atoms with Crippen LogP contribution < -0.4 is 4.57 Å². The van der Waals surface area contributed by atoms with Crippen LogP contribution in [0.1, 0.15) is 45.5 Å². The maximum absolute atomic E-state index is 12.8. The van der Waals surface area contributed by atoms with Gasteiger partial charge in [0.15, 0.2) is 11.3 Å². The number of halogens is 1. The number of ether oxygens (including phenoxy) is 2. The van der Waals surface area contributed by atoms with Crippen LogP contribution in [0.25, 0.3) is 11.3 Å². The van der Waals surface area contributed by atoms with Gasteiger partial charge in [-0.1, -0.05) is 24.6 Å². The summed E-state index contributed by atoms with van der Waals surface area (Å²) in [5.74, 6) is 0.875. The van der Waals surface area contributed by atoms with Crippen LogP contribution in [0.5, 0.6) is 0 Å². The molecule has 3 heterocycles. The third-order valence-corrected chi connectivity index (χ3v) is 7.02. The van der Waals surface area contributed by atoms with Crippen molar-refractivity contribution in [3.63, 3.8) is 0 Å². The Morgan fingerprint density at radius 3 is 2.80 bits per heavy atom. The van der Waals surface area contributed by atoms with E-state index in [1.54, 1.807) is 11.1 Å². The number of imidazole rings is 1. The minimum atomic E-state index is -1.18. The number of carbonyl (C=O) groups excluding carboxylic acids is 1.